The lowest BCUT2D eigenvalue weighted by atomic mass is 9.87. The minimum atomic E-state index is -2.34. The molecule has 0 amide bonds. The Labute approximate surface area is 201 Å². The van der Waals surface area contributed by atoms with Crippen LogP contribution in [0, 0.1) is 11.8 Å². The van der Waals surface area contributed by atoms with Crippen LogP contribution in [0.1, 0.15) is 27.8 Å². The van der Waals surface area contributed by atoms with Crippen molar-refractivity contribution in [3.8, 4) is 11.8 Å². The van der Waals surface area contributed by atoms with E-state index in [0.717, 1.165) is 16.7 Å². The highest BCUT2D eigenvalue weighted by Crippen LogP contribution is 2.37. The number of hydrogen-bond donors (Lipinski definition) is 5. The van der Waals surface area contributed by atoms with Gasteiger partial charge in [-0.2, -0.15) is 0 Å². The highest BCUT2D eigenvalue weighted by Gasteiger charge is 2.53. The number of hydrogen-bond acceptors (Lipinski definition) is 7. The van der Waals surface area contributed by atoms with Gasteiger partial charge >= 0.3 is 0 Å². The van der Waals surface area contributed by atoms with E-state index in [4.69, 9.17) is 16.3 Å². The number of rotatable bonds is 4. The van der Waals surface area contributed by atoms with Crippen molar-refractivity contribution in [2.75, 3.05) is 6.61 Å². The van der Waals surface area contributed by atoms with Crippen LogP contribution in [-0.2, 0) is 16.9 Å². The van der Waals surface area contributed by atoms with Gasteiger partial charge in [-0.25, -0.2) is 0 Å². The van der Waals surface area contributed by atoms with Gasteiger partial charge in [0.05, 0.1) is 6.61 Å². The van der Waals surface area contributed by atoms with Crippen molar-refractivity contribution in [1.82, 2.24) is 4.98 Å². The molecule has 2 aromatic carbocycles. The fourth-order valence-corrected chi connectivity index (χ4v) is 4.02. The Morgan fingerprint density at radius 1 is 0.912 bits per heavy atom. The minimum absolute atomic E-state index is 0.142. The van der Waals surface area contributed by atoms with E-state index in [1.165, 1.54) is 6.07 Å². The summed E-state index contributed by atoms with van der Waals surface area (Å²) in [6.45, 7) is -0.649. The molecule has 8 heteroatoms. The van der Waals surface area contributed by atoms with Crippen LogP contribution in [-0.4, -0.2) is 61.5 Å². The molecule has 5 atom stereocenters. The third-order valence-electron chi connectivity index (χ3n) is 5.81. The topological polar surface area (TPSA) is 123 Å². The predicted octanol–water partition coefficient (Wildman–Crippen LogP) is 1.34. The molecule has 1 aliphatic rings. The Hall–Kier alpha value is -2.80. The van der Waals surface area contributed by atoms with E-state index >= 15 is 0 Å². The summed E-state index contributed by atoms with van der Waals surface area (Å²) in [6.07, 6.45) is -2.58. The normalized spacial score (nSPS) is 26.5. The van der Waals surface area contributed by atoms with E-state index in [0.29, 0.717) is 17.0 Å². The Kier molecular flexibility index (Phi) is 7.31. The molecule has 0 bridgehead atoms. The van der Waals surface area contributed by atoms with Gasteiger partial charge in [-0.05, 0) is 53.9 Å². The highest BCUT2D eigenvalue weighted by atomic mass is 35.5. The van der Waals surface area contributed by atoms with Gasteiger partial charge < -0.3 is 30.3 Å². The van der Waals surface area contributed by atoms with E-state index < -0.39 is 36.8 Å². The number of benzene rings is 2. The molecule has 2 heterocycles. The Balaban J connectivity index is 1.55. The van der Waals surface area contributed by atoms with Crippen LogP contribution in [0.5, 0.6) is 0 Å². The second-order valence-electron chi connectivity index (χ2n) is 8.13. The standard InChI is InChI=1S/C26H24ClNO6/c27-21-8-7-20(26(33)25(32)24(31)23(30)22(15-29)34-26)14-19(21)13-18-5-3-16(4-6-18)1-2-17-9-11-28-12-10-17/h3-12,14,22-25,29-33H,13,15H2/t22-,23-,24+,25-,26-/m1/s1. The number of aliphatic hydroxyl groups excluding tert-OH is 4. The molecule has 4 rings (SSSR count). The molecule has 0 unspecified atom stereocenters. The summed E-state index contributed by atoms with van der Waals surface area (Å²) in [5, 5.41) is 51.5. The van der Waals surface area contributed by atoms with E-state index in [2.05, 4.69) is 16.8 Å². The van der Waals surface area contributed by atoms with Crippen molar-refractivity contribution in [2.24, 2.45) is 0 Å². The minimum Gasteiger partial charge on any atom is -0.394 e. The average molecular weight is 482 g/mol. The third kappa shape index (κ3) is 4.99. The maximum Gasteiger partial charge on any atom is 0.222 e. The van der Waals surface area contributed by atoms with Crippen LogP contribution in [0.2, 0.25) is 5.02 Å². The Morgan fingerprint density at radius 2 is 1.56 bits per heavy atom. The number of pyridine rings is 1. The Bertz CT molecular complexity index is 1190. The van der Waals surface area contributed by atoms with Gasteiger partial charge in [-0.3, -0.25) is 4.98 Å². The van der Waals surface area contributed by atoms with Crippen molar-refractivity contribution < 1.29 is 30.3 Å². The summed E-state index contributed by atoms with van der Waals surface area (Å²) in [5.41, 5.74) is 3.45. The molecule has 1 aromatic heterocycles. The molecule has 0 spiro atoms. The van der Waals surface area contributed by atoms with Crippen LogP contribution >= 0.6 is 11.6 Å². The lowest BCUT2D eigenvalue weighted by Gasteiger charge is -2.45. The summed E-state index contributed by atoms with van der Waals surface area (Å²) in [5.74, 6) is 3.84. The van der Waals surface area contributed by atoms with Crippen molar-refractivity contribution in [3.63, 3.8) is 0 Å². The maximum absolute atomic E-state index is 11.1. The maximum atomic E-state index is 11.1. The lowest BCUT2D eigenvalue weighted by Crippen LogP contribution is -2.63. The number of aromatic nitrogens is 1. The fraction of sp³-hybridized carbons (Fsp3) is 0.269. The number of halogens is 1. The van der Waals surface area contributed by atoms with Crippen molar-refractivity contribution >= 4 is 11.6 Å². The second-order valence-corrected chi connectivity index (χ2v) is 8.53. The molecule has 5 N–H and O–H groups in total. The molecule has 34 heavy (non-hydrogen) atoms. The van der Waals surface area contributed by atoms with Gasteiger partial charge in [0.1, 0.15) is 24.4 Å². The summed E-state index contributed by atoms with van der Waals surface area (Å²) >= 11 is 6.38. The van der Waals surface area contributed by atoms with Crippen LogP contribution in [0.4, 0.5) is 0 Å². The summed E-state index contributed by atoms with van der Waals surface area (Å²) in [4.78, 5) is 3.97. The zero-order valence-corrected chi connectivity index (χ0v) is 18.8. The number of nitrogens with zero attached hydrogens (tertiary/aromatic N) is 1. The molecular formula is C26H24ClNO6. The summed E-state index contributed by atoms with van der Waals surface area (Å²) in [6, 6.07) is 15.9. The molecule has 1 saturated heterocycles. The van der Waals surface area contributed by atoms with Gasteiger partial charge in [0.25, 0.3) is 0 Å². The molecule has 1 aliphatic heterocycles. The van der Waals surface area contributed by atoms with Crippen LogP contribution in [0.3, 0.4) is 0 Å². The van der Waals surface area contributed by atoms with E-state index in [1.807, 2.05) is 36.4 Å². The zero-order chi connectivity index (χ0) is 24.3. The zero-order valence-electron chi connectivity index (χ0n) is 18.0. The van der Waals surface area contributed by atoms with E-state index in [9.17, 15) is 25.5 Å². The monoisotopic (exact) mass is 481 g/mol. The van der Waals surface area contributed by atoms with Crippen LogP contribution in [0.25, 0.3) is 0 Å². The Morgan fingerprint density at radius 3 is 2.21 bits per heavy atom. The lowest BCUT2D eigenvalue weighted by molar-refractivity contribution is -0.357. The fourth-order valence-electron chi connectivity index (χ4n) is 3.83. The molecular weight excluding hydrogens is 458 g/mol. The largest absolute Gasteiger partial charge is 0.394 e. The van der Waals surface area contributed by atoms with Gasteiger partial charge in [0.2, 0.25) is 5.79 Å². The van der Waals surface area contributed by atoms with Gasteiger partial charge in [-0.15, -0.1) is 0 Å². The first-order chi connectivity index (χ1) is 16.3. The van der Waals surface area contributed by atoms with Crippen molar-refractivity contribution in [2.45, 2.75) is 36.6 Å². The smallest absolute Gasteiger partial charge is 0.222 e. The third-order valence-corrected chi connectivity index (χ3v) is 6.17. The quantitative estimate of drug-likeness (QED) is 0.356. The van der Waals surface area contributed by atoms with Crippen molar-refractivity contribution in [1.29, 1.82) is 0 Å². The van der Waals surface area contributed by atoms with Crippen molar-refractivity contribution in [3.05, 3.63) is 99.8 Å². The first-order valence-electron chi connectivity index (χ1n) is 10.7. The van der Waals surface area contributed by atoms with Gasteiger partial charge in [0, 0.05) is 34.1 Å². The van der Waals surface area contributed by atoms with Crippen LogP contribution < -0.4 is 0 Å². The average Bonchev–Trinajstić information content (AvgIpc) is 2.86. The molecule has 0 aliphatic carbocycles. The number of aliphatic hydroxyl groups is 5. The number of ether oxygens (including phenoxy) is 1. The van der Waals surface area contributed by atoms with E-state index in [-0.39, 0.29) is 5.56 Å². The molecule has 3 aromatic rings. The molecule has 0 saturated carbocycles. The predicted molar refractivity (Wildman–Crippen MR) is 125 cm³/mol. The first kappa shape index (κ1) is 24.3. The first-order valence-corrected chi connectivity index (χ1v) is 11.0. The summed E-state index contributed by atoms with van der Waals surface area (Å²) < 4.78 is 5.41. The second kappa shape index (κ2) is 10.2. The molecule has 176 valence electrons. The SMILES string of the molecule is OC[C@H]1O[C@](O)(c2ccc(Cl)c(Cc3ccc(C#Cc4ccncc4)cc3)c2)[C@H](O)[C@@H](O)[C@@H]1O. The highest BCUT2D eigenvalue weighted by molar-refractivity contribution is 6.31. The molecule has 7 nitrogen and oxygen atoms in total. The van der Waals surface area contributed by atoms with E-state index in [1.54, 1.807) is 24.5 Å². The molecule has 0 radical (unpaired) electrons. The molecule has 1 fully saturated rings. The van der Waals surface area contributed by atoms with Gasteiger partial charge in [-0.1, -0.05) is 41.6 Å². The van der Waals surface area contributed by atoms with Crippen LogP contribution in [0.15, 0.2) is 67.0 Å². The summed E-state index contributed by atoms with van der Waals surface area (Å²) in [7, 11) is 0. The van der Waals surface area contributed by atoms with Gasteiger partial charge in [0.15, 0.2) is 0 Å².